The number of likely N-dealkylation sites (tertiary alicyclic amines) is 2. The number of carbonyl (C=O) groups excluding carboxylic acids is 3. The molecule has 8 heteroatoms. The van der Waals surface area contributed by atoms with Gasteiger partial charge in [0.25, 0.3) is 5.91 Å². The van der Waals surface area contributed by atoms with E-state index in [-0.39, 0.29) is 24.3 Å². The minimum absolute atomic E-state index is 0.0116. The highest BCUT2D eigenvalue weighted by molar-refractivity contribution is 5.92. The molecule has 4 heterocycles. The SMILES string of the molecule is O=C1CCCCCN1CC(=O)N1CCn2nc(C(=O)N3CCCC3)cc2C1. The van der Waals surface area contributed by atoms with Crippen LogP contribution in [0.5, 0.6) is 0 Å². The van der Waals surface area contributed by atoms with Crippen molar-refractivity contribution in [1.29, 1.82) is 0 Å². The van der Waals surface area contributed by atoms with Crippen molar-refractivity contribution in [2.75, 3.05) is 32.7 Å². The van der Waals surface area contributed by atoms with Gasteiger partial charge in [-0.25, -0.2) is 0 Å². The van der Waals surface area contributed by atoms with Crippen molar-refractivity contribution < 1.29 is 14.4 Å². The van der Waals surface area contributed by atoms with E-state index in [1.807, 2.05) is 15.6 Å². The van der Waals surface area contributed by atoms with Gasteiger partial charge in [-0.15, -0.1) is 0 Å². The summed E-state index contributed by atoms with van der Waals surface area (Å²) in [4.78, 5) is 42.7. The van der Waals surface area contributed by atoms with Crippen molar-refractivity contribution in [2.45, 2.75) is 51.6 Å². The molecule has 0 radical (unpaired) electrons. The minimum atomic E-state index is -0.0230. The van der Waals surface area contributed by atoms with Crippen LogP contribution in [-0.4, -0.2) is 74.9 Å². The normalized spacial score (nSPS) is 20.6. The minimum Gasteiger partial charge on any atom is -0.337 e. The second-order valence-corrected chi connectivity index (χ2v) is 7.68. The molecule has 146 valence electrons. The summed E-state index contributed by atoms with van der Waals surface area (Å²) in [5, 5.41) is 4.45. The highest BCUT2D eigenvalue weighted by Gasteiger charge is 2.28. The average Bonchev–Trinajstić information content (AvgIpc) is 3.31. The number of carbonyl (C=O) groups is 3. The highest BCUT2D eigenvalue weighted by Crippen LogP contribution is 2.18. The lowest BCUT2D eigenvalue weighted by molar-refractivity contribution is -0.141. The molecule has 27 heavy (non-hydrogen) atoms. The van der Waals surface area contributed by atoms with E-state index in [1.165, 1.54) is 0 Å². The zero-order valence-corrected chi connectivity index (χ0v) is 15.7. The molecule has 3 aliphatic rings. The summed E-state index contributed by atoms with van der Waals surface area (Å²) < 4.78 is 1.84. The summed E-state index contributed by atoms with van der Waals surface area (Å²) in [7, 11) is 0. The van der Waals surface area contributed by atoms with Crippen LogP contribution in [-0.2, 0) is 22.7 Å². The van der Waals surface area contributed by atoms with Crippen molar-refractivity contribution in [2.24, 2.45) is 0 Å². The Morgan fingerprint density at radius 1 is 0.926 bits per heavy atom. The lowest BCUT2D eigenvalue weighted by atomic mass is 10.2. The molecule has 3 aliphatic heterocycles. The van der Waals surface area contributed by atoms with Gasteiger partial charge < -0.3 is 14.7 Å². The fourth-order valence-electron chi connectivity index (χ4n) is 4.13. The Labute approximate surface area is 159 Å². The molecule has 1 aromatic rings. The Kier molecular flexibility index (Phi) is 5.13. The fourth-order valence-corrected chi connectivity index (χ4v) is 4.13. The van der Waals surface area contributed by atoms with Crippen molar-refractivity contribution in [3.63, 3.8) is 0 Å². The molecule has 2 saturated heterocycles. The third-order valence-corrected chi connectivity index (χ3v) is 5.76. The van der Waals surface area contributed by atoms with Gasteiger partial charge in [-0.3, -0.25) is 19.1 Å². The zero-order valence-electron chi connectivity index (χ0n) is 15.7. The standard InChI is InChI=1S/C19H27N5O3/c25-17-6-2-1-3-9-22(17)14-18(26)23-10-11-24-15(13-23)12-16(20-24)19(27)21-7-4-5-8-21/h12H,1-11,13-14H2. The van der Waals surface area contributed by atoms with Gasteiger partial charge in [-0.2, -0.15) is 5.10 Å². The lowest BCUT2D eigenvalue weighted by Gasteiger charge is -2.30. The van der Waals surface area contributed by atoms with Crippen LogP contribution >= 0.6 is 0 Å². The molecule has 0 aromatic carbocycles. The monoisotopic (exact) mass is 373 g/mol. The number of hydrogen-bond donors (Lipinski definition) is 0. The Morgan fingerprint density at radius 2 is 1.70 bits per heavy atom. The van der Waals surface area contributed by atoms with Gasteiger partial charge in [0, 0.05) is 32.6 Å². The Hall–Kier alpha value is -2.38. The van der Waals surface area contributed by atoms with Crippen LogP contribution in [0.25, 0.3) is 0 Å². The van der Waals surface area contributed by atoms with Crippen LogP contribution in [0.3, 0.4) is 0 Å². The molecular formula is C19H27N5O3. The van der Waals surface area contributed by atoms with Gasteiger partial charge in [0.1, 0.15) is 0 Å². The van der Waals surface area contributed by atoms with Gasteiger partial charge in [0.05, 0.1) is 25.3 Å². The van der Waals surface area contributed by atoms with Crippen LogP contribution in [0.15, 0.2) is 6.07 Å². The predicted octanol–water partition coefficient (Wildman–Crippen LogP) is 0.864. The molecule has 0 atom stereocenters. The van der Waals surface area contributed by atoms with Gasteiger partial charge in [0.15, 0.2) is 5.69 Å². The molecule has 1 aromatic heterocycles. The van der Waals surface area contributed by atoms with E-state index in [1.54, 1.807) is 9.80 Å². The smallest absolute Gasteiger partial charge is 0.274 e. The second-order valence-electron chi connectivity index (χ2n) is 7.68. The highest BCUT2D eigenvalue weighted by atomic mass is 16.2. The molecule has 4 rings (SSSR count). The maximum atomic E-state index is 12.7. The van der Waals surface area contributed by atoms with Crippen molar-refractivity contribution in [3.05, 3.63) is 17.5 Å². The van der Waals surface area contributed by atoms with E-state index in [9.17, 15) is 14.4 Å². The summed E-state index contributed by atoms with van der Waals surface area (Å²) in [6.07, 6.45) is 5.58. The first-order valence-electron chi connectivity index (χ1n) is 10.0. The molecule has 0 N–H and O–H groups in total. The number of nitrogens with zero attached hydrogens (tertiary/aromatic N) is 5. The van der Waals surface area contributed by atoms with Gasteiger partial charge in [-0.1, -0.05) is 6.42 Å². The van der Waals surface area contributed by atoms with E-state index >= 15 is 0 Å². The summed E-state index contributed by atoms with van der Waals surface area (Å²) in [6, 6.07) is 1.82. The van der Waals surface area contributed by atoms with Crippen LogP contribution in [0.2, 0.25) is 0 Å². The summed E-state index contributed by atoms with van der Waals surface area (Å²) in [6.45, 7) is 4.03. The van der Waals surface area contributed by atoms with E-state index in [0.717, 1.165) is 50.9 Å². The Bertz CT molecular complexity index is 738. The molecule has 0 spiro atoms. The first-order chi connectivity index (χ1) is 13.1. The number of amides is 3. The molecule has 0 bridgehead atoms. The van der Waals surface area contributed by atoms with Crippen molar-refractivity contribution >= 4 is 17.7 Å². The number of fused-ring (bicyclic) bond motifs is 1. The van der Waals surface area contributed by atoms with E-state index in [0.29, 0.717) is 38.3 Å². The molecule has 3 amide bonds. The van der Waals surface area contributed by atoms with E-state index in [2.05, 4.69) is 5.10 Å². The topological polar surface area (TPSA) is 78.8 Å². The number of hydrogen-bond acceptors (Lipinski definition) is 4. The molecule has 0 unspecified atom stereocenters. The number of rotatable bonds is 3. The van der Waals surface area contributed by atoms with Crippen molar-refractivity contribution in [1.82, 2.24) is 24.5 Å². The third-order valence-electron chi connectivity index (χ3n) is 5.76. The molecular weight excluding hydrogens is 346 g/mol. The lowest BCUT2D eigenvalue weighted by Crippen LogP contribution is -2.45. The van der Waals surface area contributed by atoms with E-state index in [4.69, 9.17) is 0 Å². The average molecular weight is 373 g/mol. The molecule has 0 aliphatic carbocycles. The zero-order chi connectivity index (χ0) is 18.8. The van der Waals surface area contributed by atoms with Crippen LogP contribution in [0.4, 0.5) is 0 Å². The summed E-state index contributed by atoms with van der Waals surface area (Å²) >= 11 is 0. The maximum Gasteiger partial charge on any atom is 0.274 e. The molecule has 2 fully saturated rings. The Balaban J connectivity index is 1.39. The van der Waals surface area contributed by atoms with Crippen LogP contribution in [0.1, 0.15) is 54.7 Å². The number of aromatic nitrogens is 2. The summed E-state index contributed by atoms with van der Waals surface area (Å²) in [5.74, 6) is 0.0500. The second kappa shape index (κ2) is 7.70. The van der Waals surface area contributed by atoms with Gasteiger partial charge in [-0.05, 0) is 31.7 Å². The molecule has 8 nitrogen and oxygen atoms in total. The maximum absolute atomic E-state index is 12.7. The molecule has 0 saturated carbocycles. The summed E-state index contributed by atoms with van der Waals surface area (Å²) in [5.41, 5.74) is 1.36. The van der Waals surface area contributed by atoms with Crippen LogP contribution in [0, 0.1) is 0 Å². The fraction of sp³-hybridized carbons (Fsp3) is 0.684. The van der Waals surface area contributed by atoms with E-state index < -0.39 is 0 Å². The van der Waals surface area contributed by atoms with Crippen molar-refractivity contribution in [3.8, 4) is 0 Å². The Morgan fingerprint density at radius 3 is 2.52 bits per heavy atom. The van der Waals surface area contributed by atoms with Gasteiger partial charge in [0.2, 0.25) is 11.8 Å². The quantitative estimate of drug-likeness (QED) is 0.787. The van der Waals surface area contributed by atoms with Gasteiger partial charge >= 0.3 is 0 Å². The van der Waals surface area contributed by atoms with Crippen LogP contribution < -0.4 is 0 Å². The first kappa shape index (κ1) is 18.0. The largest absolute Gasteiger partial charge is 0.337 e. The first-order valence-corrected chi connectivity index (χ1v) is 10.0. The predicted molar refractivity (Wildman–Crippen MR) is 97.8 cm³/mol. The third kappa shape index (κ3) is 3.84.